The zero-order valence-electron chi connectivity index (χ0n) is 9.73. The van der Waals surface area contributed by atoms with Crippen LogP contribution in [0.1, 0.15) is 27.2 Å². The van der Waals surface area contributed by atoms with Gasteiger partial charge in [-0.3, -0.25) is 0 Å². The summed E-state index contributed by atoms with van der Waals surface area (Å²) in [5.74, 6) is -1.53. The summed E-state index contributed by atoms with van der Waals surface area (Å²) >= 11 is 0. The fraction of sp³-hybridized carbons (Fsp3) is 0.889. The second kappa shape index (κ2) is 5.60. The van der Waals surface area contributed by atoms with E-state index in [-0.39, 0.29) is 11.2 Å². The van der Waals surface area contributed by atoms with E-state index in [4.69, 9.17) is 10.2 Å². The van der Waals surface area contributed by atoms with Crippen LogP contribution in [0.4, 0.5) is 0 Å². The van der Waals surface area contributed by atoms with Crippen LogP contribution in [0.25, 0.3) is 0 Å². The first-order valence-corrected chi connectivity index (χ1v) is 6.57. The van der Waals surface area contributed by atoms with Crippen molar-refractivity contribution >= 4 is 16.0 Å². The van der Waals surface area contributed by atoms with Crippen LogP contribution in [0, 0.1) is 5.41 Å². The van der Waals surface area contributed by atoms with Crippen LogP contribution in [-0.2, 0) is 14.8 Å². The molecule has 0 aromatic heterocycles. The fourth-order valence-electron chi connectivity index (χ4n) is 0.806. The highest BCUT2D eigenvalue weighted by Crippen LogP contribution is 2.18. The summed E-state index contributed by atoms with van der Waals surface area (Å²) in [6, 6.07) is 0. The summed E-state index contributed by atoms with van der Waals surface area (Å²) < 4.78 is 24.8. The summed E-state index contributed by atoms with van der Waals surface area (Å²) in [5, 5.41) is 17.2. The number of nitrogens with one attached hydrogen (secondary N) is 1. The first-order valence-electron chi connectivity index (χ1n) is 4.92. The van der Waals surface area contributed by atoms with Crippen LogP contribution in [0.5, 0.6) is 0 Å². The maximum absolute atomic E-state index is 11.4. The third-order valence-corrected chi connectivity index (χ3v) is 3.25. The van der Waals surface area contributed by atoms with Crippen molar-refractivity contribution in [1.82, 2.24) is 4.72 Å². The smallest absolute Gasteiger partial charge is 0.333 e. The molecule has 16 heavy (non-hydrogen) atoms. The molecule has 96 valence electrons. The molecule has 0 aliphatic heterocycles. The van der Waals surface area contributed by atoms with Gasteiger partial charge in [0.1, 0.15) is 0 Å². The average molecular weight is 253 g/mol. The van der Waals surface area contributed by atoms with Crippen molar-refractivity contribution in [1.29, 1.82) is 0 Å². The molecule has 0 aromatic carbocycles. The predicted octanol–water partition coefficient (Wildman–Crippen LogP) is -0.212. The molecule has 1 atom stereocenters. The molecule has 0 rings (SSSR count). The minimum Gasteiger partial charge on any atom is -0.479 e. The predicted molar refractivity (Wildman–Crippen MR) is 59.5 cm³/mol. The lowest BCUT2D eigenvalue weighted by Crippen LogP contribution is -2.38. The SMILES string of the molecule is CC(C)(C)CCS(=O)(=O)NCC(O)C(=O)O. The van der Waals surface area contributed by atoms with Gasteiger partial charge in [0.05, 0.1) is 5.75 Å². The molecule has 0 radical (unpaired) electrons. The first-order chi connectivity index (χ1) is 7.03. The molecule has 6 nitrogen and oxygen atoms in total. The van der Waals surface area contributed by atoms with Gasteiger partial charge in [-0.1, -0.05) is 20.8 Å². The van der Waals surface area contributed by atoms with Crippen LogP contribution in [0.2, 0.25) is 0 Å². The second-order valence-electron chi connectivity index (χ2n) is 4.83. The van der Waals surface area contributed by atoms with Crippen molar-refractivity contribution in [2.75, 3.05) is 12.3 Å². The molecule has 3 N–H and O–H groups in total. The molecule has 0 amide bonds. The number of aliphatic hydroxyl groups excluding tert-OH is 1. The number of carbonyl (C=O) groups is 1. The Labute approximate surface area is 95.7 Å². The monoisotopic (exact) mass is 253 g/mol. The molecule has 0 bridgehead atoms. The Hall–Kier alpha value is -0.660. The van der Waals surface area contributed by atoms with E-state index in [0.717, 1.165) is 0 Å². The van der Waals surface area contributed by atoms with Gasteiger partial charge >= 0.3 is 5.97 Å². The Morgan fingerprint density at radius 2 is 1.88 bits per heavy atom. The van der Waals surface area contributed by atoms with E-state index in [1.807, 2.05) is 20.8 Å². The Balaban J connectivity index is 4.12. The van der Waals surface area contributed by atoms with Gasteiger partial charge in [0, 0.05) is 6.54 Å². The lowest BCUT2D eigenvalue weighted by Gasteiger charge is -2.18. The van der Waals surface area contributed by atoms with Gasteiger partial charge in [-0.2, -0.15) is 0 Å². The number of carboxylic acids is 1. The van der Waals surface area contributed by atoms with Gasteiger partial charge in [0.25, 0.3) is 0 Å². The van der Waals surface area contributed by atoms with Crippen molar-refractivity contribution in [3.63, 3.8) is 0 Å². The molecule has 1 unspecified atom stereocenters. The highest BCUT2D eigenvalue weighted by atomic mass is 32.2. The lowest BCUT2D eigenvalue weighted by molar-refractivity contribution is -0.146. The van der Waals surface area contributed by atoms with Crippen molar-refractivity contribution in [3.05, 3.63) is 0 Å². The van der Waals surface area contributed by atoms with Gasteiger partial charge in [0.15, 0.2) is 6.10 Å². The topological polar surface area (TPSA) is 104 Å². The third-order valence-electron chi connectivity index (χ3n) is 1.90. The van der Waals surface area contributed by atoms with E-state index in [1.165, 1.54) is 0 Å². The molecule has 0 aliphatic rings. The fourth-order valence-corrected chi connectivity index (χ4v) is 2.24. The molecule has 0 aliphatic carbocycles. The normalized spacial score (nSPS) is 14.8. The van der Waals surface area contributed by atoms with Crippen molar-refractivity contribution in [2.45, 2.75) is 33.3 Å². The zero-order valence-corrected chi connectivity index (χ0v) is 10.5. The zero-order chi connectivity index (χ0) is 13.0. The molecule has 0 fully saturated rings. The van der Waals surface area contributed by atoms with Crippen molar-refractivity contribution in [3.8, 4) is 0 Å². The largest absolute Gasteiger partial charge is 0.479 e. The average Bonchev–Trinajstić information content (AvgIpc) is 2.10. The number of sulfonamides is 1. The maximum Gasteiger partial charge on any atom is 0.333 e. The number of aliphatic carboxylic acids is 1. The lowest BCUT2D eigenvalue weighted by atomic mass is 9.94. The van der Waals surface area contributed by atoms with E-state index in [1.54, 1.807) is 0 Å². The molecule has 7 heteroatoms. The van der Waals surface area contributed by atoms with E-state index in [0.29, 0.717) is 6.42 Å². The van der Waals surface area contributed by atoms with Gasteiger partial charge in [0.2, 0.25) is 10.0 Å². The van der Waals surface area contributed by atoms with E-state index in [9.17, 15) is 13.2 Å². The Morgan fingerprint density at radius 1 is 1.38 bits per heavy atom. The first kappa shape index (κ1) is 15.3. The highest BCUT2D eigenvalue weighted by molar-refractivity contribution is 7.89. The minimum absolute atomic E-state index is 0.0805. The van der Waals surface area contributed by atoms with Crippen molar-refractivity contribution < 1.29 is 23.4 Å². The number of aliphatic hydroxyl groups is 1. The highest BCUT2D eigenvalue weighted by Gasteiger charge is 2.20. The van der Waals surface area contributed by atoms with Crippen LogP contribution in [0.15, 0.2) is 0 Å². The van der Waals surface area contributed by atoms with E-state index < -0.39 is 28.6 Å². The van der Waals surface area contributed by atoms with Gasteiger partial charge in [-0.15, -0.1) is 0 Å². The van der Waals surface area contributed by atoms with Crippen LogP contribution in [-0.4, -0.2) is 43.0 Å². The van der Waals surface area contributed by atoms with Crippen LogP contribution in [0.3, 0.4) is 0 Å². The number of rotatable bonds is 6. The Morgan fingerprint density at radius 3 is 2.25 bits per heavy atom. The Bertz CT molecular complexity index is 330. The maximum atomic E-state index is 11.4. The summed E-state index contributed by atoms with van der Waals surface area (Å²) in [4.78, 5) is 10.2. The minimum atomic E-state index is -3.52. The second-order valence-corrected chi connectivity index (χ2v) is 6.76. The van der Waals surface area contributed by atoms with Gasteiger partial charge in [-0.25, -0.2) is 17.9 Å². The standard InChI is InChI=1S/C9H19NO5S/c1-9(2,3)4-5-16(14,15)10-6-7(11)8(12)13/h7,10-11H,4-6H2,1-3H3,(H,12,13). The van der Waals surface area contributed by atoms with Gasteiger partial charge in [-0.05, 0) is 11.8 Å². The van der Waals surface area contributed by atoms with Crippen molar-refractivity contribution in [2.24, 2.45) is 5.41 Å². The summed E-state index contributed by atoms with van der Waals surface area (Å²) in [5.41, 5.74) is -0.111. The number of hydrogen-bond donors (Lipinski definition) is 3. The molecule has 0 aromatic rings. The van der Waals surface area contributed by atoms with E-state index >= 15 is 0 Å². The molecule has 0 saturated heterocycles. The van der Waals surface area contributed by atoms with Gasteiger partial charge < -0.3 is 10.2 Å². The van der Waals surface area contributed by atoms with Crippen LogP contribution < -0.4 is 4.72 Å². The number of hydrogen-bond acceptors (Lipinski definition) is 4. The quantitative estimate of drug-likeness (QED) is 0.607. The third kappa shape index (κ3) is 7.61. The number of carboxylic acid groups (broad SMARTS) is 1. The molecule has 0 saturated carbocycles. The summed E-state index contributed by atoms with van der Waals surface area (Å²) in [7, 11) is -3.52. The van der Waals surface area contributed by atoms with E-state index in [2.05, 4.69) is 4.72 Å². The molecule has 0 spiro atoms. The molecule has 0 heterocycles. The Kier molecular flexibility index (Phi) is 5.37. The van der Waals surface area contributed by atoms with Crippen LogP contribution >= 0.6 is 0 Å². The molecular weight excluding hydrogens is 234 g/mol. The summed E-state index contributed by atoms with van der Waals surface area (Å²) in [6.07, 6.45) is -1.24. The summed E-state index contributed by atoms with van der Waals surface area (Å²) in [6.45, 7) is 5.24. The molecular formula is C9H19NO5S.